The molecule has 3 rings (SSSR count). The van der Waals surface area contributed by atoms with Crippen LogP contribution in [0.25, 0.3) is 6.08 Å². The topological polar surface area (TPSA) is 38.7 Å². The fraction of sp³-hybridized carbons (Fsp3) is 0.304. The van der Waals surface area contributed by atoms with Gasteiger partial charge in [0.05, 0.1) is 6.61 Å². The molecule has 3 nitrogen and oxygen atoms in total. The summed E-state index contributed by atoms with van der Waals surface area (Å²) in [5, 5.41) is 0. The Hall–Kier alpha value is -2.68. The van der Waals surface area contributed by atoms with Gasteiger partial charge in [0.2, 0.25) is 0 Å². The van der Waals surface area contributed by atoms with E-state index in [1.165, 1.54) is 0 Å². The zero-order chi connectivity index (χ0) is 18.4. The van der Waals surface area contributed by atoms with Crippen molar-refractivity contribution in [3.63, 3.8) is 0 Å². The number of aliphatic imine (C=N–C) groups is 1. The Labute approximate surface area is 155 Å². The minimum Gasteiger partial charge on any atom is -0.464 e. The number of benzene rings is 2. The van der Waals surface area contributed by atoms with Crippen molar-refractivity contribution in [2.45, 2.75) is 32.2 Å². The SMILES string of the molecule is CCOC(=O)[C@@]1([C@H](C)/C=C/c2ccccc2)CCC(c2ccccc2)=N1. The van der Waals surface area contributed by atoms with Crippen molar-refractivity contribution in [3.05, 3.63) is 77.9 Å². The van der Waals surface area contributed by atoms with E-state index in [9.17, 15) is 4.79 Å². The predicted molar refractivity (Wildman–Crippen MR) is 106 cm³/mol. The average molecular weight is 347 g/mol. The summed E-state index contributed by atoms with van der Waals surface area (Å²) in [6.07, 6.45) is 5.59. The van der Waals surface area contributed by atoms with E-state index in [2.05, 4.69) is 12.2 Å². The number of carbonyl (C=O) groups is 1. The highest BCUT2D eigenvalue weighted by Crippen LogP contribution is 2.37. The maximum absolute atomic E-state index is 12.8. The molecule has 1 aliphatic heterocycles. The molecule has 0 aliphatic carbocycles. The van der Waals surface area contributed by atoms with Crippen LogP contribution in [0.4, 0.5) is 0 Å². The largest absolute Gasteiger partial charge is 0.464 e. The lowest BCUT2D eigenvalue weighted by Crippen LogP contribution is -2.42. The molecule has 0 bridgehead atoms. The van der Waals surface area contributed by atoms with E-state index < -0.39 is 5.54 Å². The summed E-state index contributed by atoms with van der Waals surface area (Å²) >= 11 is 0. The Balaban J connectivity index is 1.91. The molecule has 0 amide bonds. The van der Waals surface area contributed by atoms with Crippen LogP contribution in [-0.4, -0.2) is 23.8 Å². The number of nitrogens with zero attached hydrogens (tertiary/aromatic N) is 1. The molecular formula is C23H25NO2. The van der Waals surface area contributed by atoms with Crippen molar-refractivity contribution in [1.29, 1.82) is 0 Å². The maximum atomic E-state index is 12.8. The molecule has 2 aromatic carbocycles. The minimum atomic E-state index is -0.841. The zero-order valence-electron chi connectivity index (χ0n) is 15.4. The normalized spacial score (nSPS) is 20.8. The third kappa shape index (κ3) is 3.77. The number of ether oxygens (including phenoxy) is 1. The van der Waals surface area contributed by atoms with Crippen LogP contribution >= 0.6 is 0 Å². The molecular weight excluding hydrogens is 322 g/mol. The molecule has 26 heavy (non-hydrogen) atoms. The van der Waals surface area contributed by atoms with E-state index in [0.29, 0.717) is 13.0 Å². The molecule has 134 valence electrons. The first-order chi connectivity index (χ1) is 12.7. The molecule has 2 aromatic rings. The standard InChI is InChI=1S/C23H25NO2/c1-3-26-22(25)23(18(2)14-15-19-10-6-4-7-11-19)17-16-21(24-23)20-12-8-5-9-13-20/h4-15,18H,3,16-17H2,1-2H3/b15-14+/t18-,23+/m1/s1. The fourth-order valence-electron chi connectivity index (χ4n) is 3.40. The summed E-state index contributed by atoms with van der Waals surface area (Å²) in [5.41, 5.74) is 2.34. The highest BCUT2D eigenvalue weighted by atomic mass is 16.5. The van der Waals surface area contributed by atoms with E-state index in [-0.39, 0.29) is 11.9 Å². The van der Waals surface area contributed by atoms with Gasteiger partial charge in [-0.15, -0.1) is 0 Å². The predicted octanol–water partition coefficient (Wildman–Crippen LogP) is 4.92. The van der Waals surface area contributed by atoms with E-state index >= 15 is 0 Å². The first kappa shape index (κ1) is 18.1. The van der Waals surface area contributed by atoms with Gasteiger partial charge in [0.1, 0.15) is 0 Å². The lowest BCUT2D eigenvalue weighted by molar-refractivity contribution is -0.150. The van der Waals surface area contributed by atoms with Crippen LogP contribution in [0.3, 0.4) is 0 Å². The van der Waals surface area contributed by atoms with E-state index in [1.54, 1.807) is 0 Å². The van der Waals surface area contributed by atoms with Crippen molar-refractivity contribution in [2.24, 2.45) is 10.9 Å². The summed E-state index contributed by atoms with van der Waals surface area (Å²) in [7, 11) is 0. The number of hydrogen-bond donors (Lipinski definition) is 0. The lowest BCUT2D eigenvalue weighted by atomic mass is 9.82. The monoisotopic (exact) mass is 347 g/mol. The second-order valence-electron chi connectivity index (χ2n) is 6.63. The highest BCUT2D eigenvalue weighted by Gasteiger charge is 2.47. The van der Waals surface area contributed by atoms with Crippen LogP contribution in [-0.2, 0) is 9.53 Å². The molecule has 0 aromatic heterocycles. The molecule has 3 heteroatoms. The van der Waals surface area contributed by atoms with Crippen LogP contribution < -0.4 is 0 Å². The van der Waals surface area contributed by atoms with Crippen molar-refractivity contribution < 1.29 is 9.53 Å². The van der Waals surface area contributed by atoms with E-state index in [4.69, 9.17) is 9.73 Å². The number of rotatable bonds is 6. The van der Waals surface area contributed by atoms with Gasteiger partial charge in [0.15, 0.2) is 5.54 Å². The second-order valence-corrected chi connectivity index (χ2v) is 6.63. The first-order valence-corrected chi connectivity index (χ1v) is 9.20. The third-order valence-electron chi connectivity index (χ3n) is 4.94. The summed E-state index contributed by atoms with van der Waals surface area (Å²) in [4.78, 5) is 17.7. The summed E-state index contributed by atoms with van der Waals surface area (Å²) in [5.74, 6) is -0.279. The molecule has 0 spiro atoms. The summed E-state index contributed by atoms with van der Waals surface area (Å²) in [6, 6.07) is 20.2. The third-order valence-corrected chi connectivity index (χ3v) is 4.94. The van der Waals surface area contributed by atoms with Crippen molar-refractivity contribution >= 4 is 17.8 Å². The first-order valence-electron chi connectivity index (χ1n) is 9.20. The molecule has 0 saturated heterocycles. The van der Waals surface area contributed by atoms with Gasteiger partial charge < -0.3 is 4.74 Å². The minimum absolute atomic E-state index is 0.0528. The molecule has 1 aliphatic rings. The molecule has 0 radical (unpaired) electrons. The number of hydrogen-bond acceptors (Lipinski definition) is 3. The molecule has 0 unspecified atom stereocenters. The Bertz CT molecular complexity index is 795. The van der Waals surface area contributed by atoms with Gasteiger partial charge in [-0.05, 0) is 30.9 Å². The van der Waals surface area contributed by atoms with Crippen LogP contribution in [0.2, 0.25) is 0 Å². The summed E-state index contributed by atoms with van der Waals surface area (Å²) in [6.45, 7) is 4.26. The van der Waals surface area contributed by atoms with Crippen molar-refractivity contribution in [3.8, 4) is 0 Å². The van der Waals surface area contributed by atoms with E-state index in [0.717, 1.165) is 23.3 Å². The average Bonchev–Trinajstić information content (AvgIpc) is 3.15. The van der Waals surface area contributed by atoms with Crippen molar-refractivity contribution in [2.75, 3.05) is 6.61 Å². The Morgan fingerprint density at radius 3 is 2.46 bits per heavy atom. The Morgan fingerprint density at radius 1 is 1.15 bits per heavy atom. The molecule has 2 atom stereocenters. The van der Waals surface area contributed by atoms with E-state index in [1.807, 2.05) is 74.5 Å². The molecule has 0 N–H and O–H groups in total. The van der Waals surface area contributed by atoms with Gasteiger partial charge in [-0.1, -0.05) is 79.7 Å². The second kappa shape index (κ2) is 8.13. The van der Waals surface area contributed by atoms with Crippen LogP contribution in [0.5, 0.6) is 0 Å². The molecule has 1 heterocycles. The van der Waals surface area contributed by atoms with Crippen LogP contribution in [0.1, 0.15) is 37.8 Å². The zero-order valence-corrected chi connectivity index (χ0v) is 15.4. The van der Waals surface area contributed by atoms with Crippen molar-refractivity contribution in [1.82, 2.24) is 0 Å². The number of esters is 1. The van der Waals surface area contributed by atoms with Gasteiger partial charge in [-0.25, -0.2) is 4.79 Å². The number of carbonyl (C=O) groups excluding carboxylic acids is 1. The quantitative estimate of drug-likeness (QED) is 0.696. The Morgan fingerprint density at radius 2 is 1.81 bits per heavy atom. The maximum Gasteiger partial charge on any atom is 0.334 e. The van der Waals surface area contributed by atoms with Gasteiger partial charge in [0, 0.05) is 11.6 Å². The van der Waals surface area contributed by atoms with Gasteiger partial charge in [-0.2, -0.15) is 0 Å². The molecule has 0 fully saturated rings. The smallest absolute Gasteiger partial charge is 0.334 e. The van der Waals surface area contributed by atoms with Crippen LogP contribution in [0, 0.1) is 5.92 Å². The van der Waals surface area contributed by atoms with Crippen LogP contribution in [0.15, 0.2) is 71.7 Å². The highest BCUT2D eigenvalue weighted by molar-refractivity contribution is 6.04. The fourth-order valence-corrected chi connectivity index (χ4v) is 3.40. The van der Waals surface area contributed by atoms with Gasteiger partial charge in [-0.3, -0.25) is 4.99 Å². The summed E-state index contributed by atoms with van der Waals surface area (Å²) < 4.78 is 5.41. The Kier molecular flexibility index (Phi) is 5.67. The lowest BCUT2D eigenvalue weighted by Gasteiger charge is -2.28. The van der Waals surface area contributed by atoms with Gasteiger partial charge >= 0.3 is 5.97 Å². The van der Waals surface area contributed by atoms with Gasteiger partial charge in [0.25, 0.3) is 0 Å². The molecule has 0 saturated carbocycles.